The number of alkyl halides is 3. The maximum atomic E-state index is 14.4. The van der Waals surface area contributed by atoms with Gasteiger partial charge in [0.1, 0.15) is 11.6 Å². The molecule has 2 heterocycles. The van der Waals surface area contributed by atoms with Crippen LogP contribution in [0, 0.1) is 34.9 Å². The molecule has 1 aromatic heterocycles. The van der Waals surface area contributed by atoms with Crippen molar-refractivity contribution in [3.63, 3.8) is 0 Å². The third-order valence-electron chi connectivity index (χ3n) is 6.72. The smallest absolute Gasteiger partial charge is 0.352 e. The minimum Gasteiger partial charge on any atom is -0.352 e. The Balaban J connectivity index is 0.00000529. The highest BCUT2D eigenvalue weighted by atomic mass is 35.5. The number of fused-ring (bicyclic) bond motifs is 1. The van der Waals surface area contributed by atoms with Crippen molar-refractivity contribution in [2.45, 2.75) is 57.0 Å². The van der Waals surface area contributed by atoms with Gasteiger partial charge < -0.3 is 20.5 Å². The number of halogens is 10. The molecule has 44 heavy (non-hydrogen) atoms. The van der Waals surface area contributed by atoms with Crippen molar-refractivity contribution in [2.24, 2.45) is 5.73 Å². The molecule has 0 aliphatic carbocycles. The van der Waals surface area contributed by atoms with E-state index in [4.69, 9.17) is 5.73 Å². The summed E-state index contributed by atoms with van der Waals surface area (Å²) in [5, 5.41) is 9.04. The van der Waals surface area contributed by atoms with Gasteiger partial charge in [-0.3, -0.25) is 9.59 Å². The molecule has 0 bridgehead atoms. The normalized spacial score (nSPS) is 14.5. The minimum atomic E-state index is -4.77. The molecule has 0 radical (unpaired) electrons. The SMILES string of the molecule is Cl.N[C@@H](CC(=O)N[C@@H](CC(=O)N1CCn2c(nnc2C(F)(F)F)C1)Cc1cc(F)c(F)cc1F)Cc1cc(F)c(F)cc1F. The summed E-state index contributed by atoms with van der Waals surface area (Å²) in [5.41, 5.74) is 5.19. The van der Waals surface area contributed by atoms with Gasteiger partial charge in [0.2, 0.25) is 17.6 Å². The second-order valence-corrected chi connectivity index (χ2v) is 9.96. The highest BCUT2D eigenvalue weighted by molar-refractivity contribution is 5.85. The van der Waals surface area contributed by atoms with E-state index in [0.717, 1.165) is 9.47 Å². The zero-order valence-electron chi connectivity index (χ0n) is 22.4. The van der Waals surface area contributed by atoms with Crippen molar-refractivity contribution in [1.29, 1.82) is 0 Å². The molecule has 18 heteroatoms. The molecule has 1 aliphatic rings. The average Bonchev–Trinajstić information content (AvgIpc) is 3.34. The summed E-state index contributed by atoms with van der Waals surface area (Å²) in [6, 6.07) is -0.611. The maximum Gasteiger partial charge on any atom is 0.451 e. The first kappa shape index (κ1) is 34.6. The van der Waals surface area contributed by atoms with E-state index < -0.39 is 95.6 Å². The van der Waals surface area contributed by atoms with Gasteiger partial charge in [-0.15, -0.1) is 22.6 Å². The van der Waals surface area contributed by atoms with Crippen LogP contribution < -0.4 is 11.1 Å². The molecular formula is C26H24ClF9N6O2. The fourth-order valence-electron chi connectivity index (χ4n) is 4.68. The lowest BCUT2D eigenvalue weighted by Gasteiger charge is -2.30. The van der Waals surface area contributed by atoms with Crippen molar-refractivity contribution in [1.82, 2.24) is 25.0 Å². The van der Waals surface area contributed by atoms with Gasteiger partial charge in [-0.05, 0) is 36.1 Å². The molecule has 2 aromatic carbocycles. The van der Waals surface area contributed by atoms with Crippen molar-refractivity contribution in [3.8, 4) is 0 Å². The van der Waals surface area contributed by atoms with Crippen LogP contribution in [0.2, 0.25) is 0 Å². The first-order valence-electron chi connectivity index (χ1n) is 12.7. The van der Waals surface area contributed by atoms with Crippen LogP contribution in [0.5, 0.6) is 0 Å². The van der Waals surface area contributed by atoms with Crippen LogP contribution >= 0.6 is 12.4 Å². The van der Waals surface area contributed by atoms with Crippen LogP contribution in [0.1, 0.15) is 35.6 Å². The highest BCUT2D eigenvalue weighted by Crippen LogP contribution is 2.29. The van der Waals surface area contributed by atoms with E-state index in [1.165, 1.54) is 0 Å². The molecule has 3 N–H and O–H groups in total. The van der Waals surface area contributed by atoms with Gasteiger partial charge in [-0.25, -0.2) is 26.3 Å². The summed E-state index contributed by atoms with van der Waals surface area (Å²) in [5.74, 6) is -10.8. The Bertz CT molecular complexity index is 1530. The highest BCUT2D eigenvalue weighted by Gasteiger charge is 2.40. The second-order valence-electron chi connectivity index (χ2n) is 9.96. The van der Waals surface area contributed by atoms with Crippen LogP contribution in [-0.2, 0) is 41.7 Å². The van der Waals surface area contributed by atoms with Gasteiger partial charge in [-0.1, -0.05) is 0 Å². The lowest BCUT2D eigenvalue weighted by atomic mass is 10.00. The van der Waals surface area contributed by atoms with Crippen molar-refractivity contribution in [3.05, 3.63) is 81.9 Å². The number of carbonyl (C=O) groups is 2. The Morgan fingerprint density at radius 2 is 1.36 bits per heavy atom. The standard InChI is InChI=1S/C26H23F9N6O2.ClH/c27-16-9-20(31)18(29)5-12(16)3-14(36)7-23(42)37-15(4-13-6-19(30)21(32)10-17(13)28)8-24(43)40-1-2-41-22(11-40)38-39-25(41)26(33,34)35;/h5-6,9-10,14-15H,1-4,7-8,11,36H2,(H,37,42);1H/t14-,15-;/m1./s1. The van der Waals surface area contributed by atoms with Gasteiger partial charge in [0, 0.05) is 50.1 Å². The maximum absolute atomic E-state index is 14.4. The van der Waals surface area contributed by atoms with Crippen LogP contribution in [0.3, 0.4) is 0 Å². The summed E-state index contributed by atoms with van der Waals surface area (Å²) in [4.78, 5) is 27.0. The van der Waals surface area contributed by atoms with Gasteiger partial charge in [0.25, 0.3) is 0 Å². The molecule has 3 aromatic rings. The van der Waals surface area contributed by atoms with Gasteiger partial charge >= 0.3 is 6.18 Å². The number of carbonyl (C=O) groups excluding carboxylic acids is 2. The number of aromatic nitrogens is 3. The number of rotatable bonds is 9. The topological polar surface area (TPSA) is 106 Å². The number of nitrogens with two attached hydrogens (primary N) is 1. The van der Waals surface area contributed by atoms with Crippen molar-refractivity contribution < 1.29 is 49.1 Å². The number of hydrogen-bond donors (Lipinski definition) is 2. The van der Waals surface area contributed by atoms with E-state index in [2.05, 4.69) is 15.5 Å². The predicted octanol–water partition coefficient (Wildman–Crippen LogP) is 3.97. The van der Waals surface area contributed by atoms with Crippen LogP contribution in [-0.4, -0.2) is 50.1 Å². The Morgan fingerprint density at radius 3 is 1.93 bits per heavy atom. The third-order valence-corrected chi connectivity index (χ3v) is 6.72. The molecule has 2 atom stereocenters. The summed E-state index contributed by atoms with van der Waals surface area (Å²) < 4.78 is 123. The zero-order valence-corrected chi connectivity index (χ0v) is 23.2. The predicted molar refractivity (Wildman–Crippen MR) is 137 cm³/mol. The lowest BCUT2D eigenvalue weighted by Crippen LogP contribution is -2.45. The molecule has 1 aliphatic heterocycles. The van der Waals surface area contributed by atoms with Crippen LogP contribution in [0.25, 0.3) is 0 Å². The number of hydrogen-bond acceptors (Lipinski definition) is 5. The van der Waals surface area contributed by atoms with Crippen LogP contribution in [0.15, 0.2) is 24.3 Å². The van der Waals surface area contributed by atoms with E-state index >= 15 is 0 Å². The summed E-state index contributed by atoms with van der Waals surface area (Å²) in [6.07, 6.45) is -6.71. The van der Waals surface area contributed by atoms with Gasteiger partial charge in [-0.2, -0.15) is 13.2 Å². The largest absolute Gasteiger partial charge is 0.451 e. The Kier molecular flexibility index (Phi) is 10.9. The molecule has 4 rings (SSSR count). The van der Waals surface area contributed by atoms with Crippen molar-refractivity contribution >= 4 is 24.2 Å². The van der Waals surface area contributed by atoms with Gasteiger partial charge in [0.15, 0.2) is 29.1 Å². The first-order chi connectivity index (χ1) is 20.1. The fraction of sp³-hybridized carbons (Fsp3) is 0.385. The molecule has 2 amide bonds. The number of nitrogens with one attached hydrogen (secondary N) is 1. The third kappa shape index (κ3) is 8.19. The molecule has 0 unspecified atom stereocenters. The molecule has 240 valence electrons. The van der Waals surface area contributed by atoms with Gasteiger partial charge in [0.05, 0.1) is 6.54 Å². The molecule has 0 fully saturated rings. The lowest BCUT2D eigenvalue weighted by molar-refractivity contribution is -0.148. The summed E-state index contributed by atoms with van der Waals surface area (Å²) >= 11 is 0. The fourth-order valence-corrected chi connectivity index (χ4v) is 4.68. The number of nitrogens with zero attached hydrogens (tertiary/aromatic N) is 4. The Labute approximate surface area is 249 Å². The quantitative estimate of drug-likeness (QED) is 0.268. The number of benzene rings is 2. The first-order valence-corrected chi connectivity index (χ1v) is 12.7. The van der Waals surface area contributed by atoms with E-state index in [0.29, 0.717) is 18.2 Å². The van der Waals surface area contributed by atoms with E-state index in [-0.39, 0.29) is 55.9 Å². The zero-order chi connectivity index (χ0) is 31.6. The Morgan fingerprint density at radius 1 is 0.818 bits per heavy atom. The minimum absolute atomic E-state index is 0. The Hall–Kier alpha value is -3.86. The molecular weight excluding hydrogens is 635 g/mol. The average molecular weight is 659 g/mol. The molecule has 8 nitrogen and oxygen atoms in total. The molecule has 0 saturated carbocycles. The second kappa shape index (κ2) is 13.8. The monoisotopic (exact) mass is 658 g/mol. The number of amides is 2. The molecule has 0 saturated heterocycles. The van der Waals surface area contributed by atoms with E-state index in [1.807, 2.05) is 0 Å². The van der Waals surface area contributed by atoms with Crippen LogP contribution in [0.4, 0.5) is 39.5 Å². The van der Waals surface area contributed by atoms with E-state index in [1.54, 1.807) is 0 Å². The molecule has 0 spiro atoms. The van der Waals surface area contributed by atoms with Crippen molar-refractivity contribution in [2.75, 3.05) is 6.54 Å². The summed E-state index contributed by atoms with van der Waals surface area (Å²) in [7, 11) is 0. The van der Waals surface area contributed by atoms with E-state index in [9.17, 15) is 49.1 Å². The summed E-state index contributed by atoms with van der Waals surface area (Å²) in [6.45, 7) is -0.822.